The van der Waals surface area contributed by atoms with Gasteiger partial charge in [0.2, 0.25) is 0 Å². The summed E-state index contributed by atoms with van der Waals surface area (Å²) in [6.07, 6.45) is 2.71. The van der Waals surface area contributed by atoms with Crippen LogP contribution in [0.5, 0.6) is 0 Å². The van der Waals surface area contributed by atoms with Crippen LogP contribution in [0.3, 0.4) is 0 Å². The van der Waals surface area contributed by atoms with E-state index in [0.29, 0.717) is 30.2 Å². The molecule has 3 fully saturated rings. The Balaban J connectivity index is 1.44. The molecule has 3 aliphatic heterocycles. The van der Waals surface area contributed by atoms with Gasteiger partial charge in [0.05, 0.1) is 31.8 Å². The Morgan fingerprint density at radius 1 is 1.26 bits per heavy atom. The molecule has 5 heterocycles. The fourth-order valence-corrected chi connectivity index (χ4v) is 4.57. The van der Waals surface area contributed by atoms with E-state index < -0.39 is 40.4 Å². The van der Waals surface area contributed by atoms with E-state index in [1.54, 1.807) is 24.7 Å². The Morgan fingerprint density at radius 3 is 2.81 bits per heavy atom. The van der Waals surface area contributed by atoms with Gasteiger partial charge in [-0.15, -0.1) is 0 Å². The molecule has 5 atom stereocenters. The summed E-state index contributed by atoms with van der Waals surface area (Å²) >= 11 is 0. The number of nitrogens with one attached hydrogen (secondary N) is 1. The zero-order chi connectivity index (χ0) is 21.8. The van der Waals surface area contributed by atoms with Crippen LogP contribution in [0.15, 0.2) is 12.7 Å². The van der Waals surface area contributed by atoms with Gasteiger partial charge in [-0.3, -0.25) is 8.75 Å². The van der Waals surface area contributed by atoms with Crippen LogP contribution in [0.2, 0.25) is 0 Å². The summed E-state index contributed by atoms with van der Waals surface area (Å²) in [6.45, 7) is 4.76. The molecule has 170 valence electrons. The Bertz CT molecular complexity index is 1070. The van der Waals surface area contributed by atoms with Gasteiger partial charge in [0, 0.05) is 6.61 Å². The topological polar surface area (TPSA) is 136 Å². The van der Waals surface area contributed by atoms with Crippen LogP contribution in [-0.4, -0.2) is 84.2 Å². The molecule has 0 aliphatic carbocycles. The van der Waals surface area contributed by atoms with Crippen LogP contribution in [0, 0.1) is 0 Å². The van der Waals surface area contributed by atoms with Crippen molar-refractivity contribution in [3.8, 4) is 0 Å². The Hall–Kier alpha value is -1.90. The first kappa shape index (κ1) is 21.0. The Labute approximate surface area is 179 Å². The molecule has 0 amide bonds. The number of hydrogen-bond donors (Lipinski definition) is 1. The van der Waals surface area contributed by atoms with Crippen LogP contribution in [-0.2, 0) is 33.2 Å². The lowest BCUT2D eigenvalue weighted by molar-refractivity contribution is -0.198. The summed E-state index contributed by atoms with van der Waals surface area (Å²) in [7, 11) is -3.63. The largest absolute Gasteiger partial charge is 0.379 e. The first-order valence-corrected chi connectivity index (χ1v) is 11.9. The van der Waals surface area contributed by atoms with Crippen LogP contribution in [0.1, 0.15) is 26.5 Å². The predicted octanol–water partition coefficient (Wildman–Crippen LogP) is 0.421. The standard InChI is InChI=1S/C18H25N5O7S/c1-18(2)29-13-11(7-27-31(3,24)25)28-17(14(13)30-18)23-9-21-12-15(19-8-20-16(12)23)22-10-4-5-26-6-10/h8-11,13-14,17H,4-7H2,1-3H3,(H,19,20,22)/t10?,11-,13-,14-,17-/m1/s1. The van der Waals surface area contributed by atoms with Gasteiger partial charge in [-0.2, -0.15) is 8.42 Å². The summed E-state index contributed by atoms with van der Waals surface area (Å²) in [6, 6.07) is 0.167. The van der Waals surface area contributed by atoms with Gasteiger partial charge in [0.1, 0.15) is 24.6 Å². The van der Waals surface area contributed by atoms with E-state index in [9.17, 15) is 8.42 Å². The second-order valence-electron chi connectivity index (χ2n) is 8.37. The predicted molar refractivity (Wildman–Crippen MR) is 107 cm³/mol. The van der Waals surface area contributed by atoms with E-state index in [-0.39, 0.29) is 12.6 Å². The lowest BCUT2D eigenvalue weighted by Crippen LogP contribution is -2.33. The molecule has 5 rings (SSSR count). The third-order valence-corrected chi connectivity index (χ3v) is 6.04. The molecular weight excluding hydrogens is 430 g/mol. The molecular formula is C18H25N5O7S. The van der Waals surface area contributed by atoms with Crippen molar-refractivity contribution in [2.24, 2.45) is 0 Å². The number of imidazole rings is 1. The number of anilines is 1. The quantitative estimate of drug-likeness (QED) is 0.607. The van der Waals surface area contributed by atoms with Crippen LogP contribution in [0.25, 0.3) is 11.2 Å². The average molecular weight is 455 g/mol. The van der Waals surface area contributed by atoms with Crippen molar-refractivity contribution < 1.29 is 31.5 Å². The van der Waals surface area contributed by atoms with E-state index in [2.05, 4.69) is 20.3 Å². The number of aromatic nitrogens is 4. The third kappa shape index (κ3) is 4.13. The number of rotatable bonds is 6. The summed E-state index contributed by atoms with van der Waals surface area (Å²) in [5.41, 5.74) is 1.17. The smallest absolute Gasteiger partial charge is 0.264 e. The normalized spacial score (nSPS) is 32.5. The molecule has 13 heteroatoms. The fraction of sp³-hybridized carbons (Fsp3) is 0.722. The number of hydrogen-bond acceptors (Lipinski definition) is 11. The van der Waals surface area contributed by atoms with Gasteiger partial charge in [-0.1, -0.05) is 0 Å². The molecule has 0 spiro atoms. The first-order chi connectivity index (χ1) is 14.7. The average Bonchev–Trinajstić information content (AvgIpc) is 3.44. The molecule has 0 bridgehead atoms. The minimum atomic E-state index is -3.63. The number of fused-ring (bicyclic) bond motifs is 2. The first-order valence-electron chi connectivity index (χ1n) is 10.1. The van der Waals surface area contributed by atoms with Crippen LogP contribution < -0.4 is 5.32 Å². The Kier molecular flexibility index (Phi) is 5.14. The van der Waals surface area contributed by atoms with Gasteiger partial charge in [-0.25, -0.2) is 15.0 Å². The maximum absolute atomic E-state index is 11.5. The van der Waals surface area contributed by atoms with Crippen molar-refractivity contribution in [2.45, 2.75) is 56.6 Å². The second-order valence-corrected chi connectivity index (χ2v) is 10.0. The summed E-state index contributed by atoms with van der Waals surface area (Å²) in [5, 5.41) is 3.36. The zero-order valence-corrected chi connectivity index (χ0v) is 18.2. The maximum atomic E-state index is 11.5. The highest BCUT2D eigenvalue weighted by molar-refractivity contribution is 7.85. The molecule has 31 heavy (non-hydrogen) atoms. The lowest BCUT2D eigenvalue weighted by Gasteiger charge is -2.24. The Morgan fingerprint density at radius 2 is 2.06 bits per heavy atom. The van der Waals surface area contributed by atoms with Crippen molar-refractivity contribution in [1.29, 1.82) is 0 Å². The monoisotopic (exact) mass is 455 g/mol. The molecule has 1 N–H and O–H groups in total. The molecule has 0 saturated carbocycles. The highest BCUT2D eigenvalue weighted by Gasteiger charge is 2.56. The molecule has 0 radical (unpaired) electrons. The van der Waals surface area contributed by atoms with E-state index in [1.165, 1.54) is 6.33 Å². The second kappa shape index (κ2) is 7.60. The van der Waals surface area contributed by atoms with Gasteiger partial charge in [-0.05, 0) is 20.3 Å². The van der Waals surface area contributed by atoms with Crippen molar-refractivity contribution >= 4 is 27.1 Å². The minimum Gasteiger partial charge on any atom is -0.379 e. The number of nitrogens with zero attached hydrogens (tertiary/aromatic N) is 4. The molecule has 3 aliphatic rings. The molecule has 0 aromatic carbocycles. The van der Waals surface area contributed by atoms with E-state index in [4.69, 9.17) is 23.1 Å². The SMILES string of the molecule is CC1(C)O[C@@H]2[C@H](O1)[C@@H](COS(C)(=O)=O)O[C@H]2n1cnc2c(NC3CCOC3)ncnc21. The maximum Gasteiger partial charge on any atom is 0.264 e. The highest BCUT2D eigenvalue weighted by Crippen LogP contribution is 2.44. The zero-order valence-electron chi connectivity index (χ0n) is 17.4. The minimum absolute atomic E-state index is 0.167. The number of ether oxygens (including phenoxy) is 4. The van der Waals surface area contributed by atoms with Crippen molar-refractivity contribution in [3.05, 3.63) is 12.7 Å². The van der Waals surface area contributed by atoms with Gasteiger partial charge in [0.15, 0.2) is 29.0 Å². The summed E-state index contributed by atoms with van der Waals surface area (Å²) in [5.74, 6) is -0.226. The van der Waals surface area contributed by atoms with E-state index >= 15 is 0 Å². The molecule has 2 aromatic rings. The van der Waals surface area contributed by atoms with Crippen molar-refractivity contribution in [3.63, 3.8) is 0 Å². The molecule has 3 saturated heterocycles. The fourth-order valence-electron chi connectivity index (χ4n) is 4.19. The van der Waals surface area contributed by atoms with E-state index in [1.807, 2.05) is 0 Å². The van der Waals surface area contributed by atoms with Crippen molar-refractivity contribution in [2.75, 3.05) is 31.4 Å². The van der Waals surface area contributed by atoms with Gasteiger partial charge < -0.3 is 24.3 Å². The van der Waals surface area contributed by atoms with E-state index in [0.717, 1.165) is 12.7 Å². The third-order valence-electron chi connectivity index (χ3n) is 5.48. The lowest BCUT2D eigenvalue weighted by atomic mass is 10.1. The van der Waals surface area contributed by atoms with Crippen molar-refractivity contribution in [1.82, 2.24) is 19.5 Å². The summed E-state index contributed by atoms with van der Waals surface area (Å²) in [4.78, 5) is 13.2. The van der Waals surface area contributed by atoms with Crippen LogP contribution in [0.4, 0.5) is 5.82 Å². The van der Waals surface area contributed by atoms with Crippen LogP contribution >= 0.6 is 0 Å². The molecule has 12 nitrogen and oxygen atoms in total. The van der Waals surface area contributed by atoms with Gasteiger partial charge in [0.25, 0.3) is 10.1 Å². The molecule has 2 aromatic heterocycles. The van der Waals surface area contributed by atoms with Gasteiger partial charge >= 0.3 is 0 Å². The highest BCUT2D eigenvalue weighted by atomic mass is 32.2. The summed E-state index contributed by atoms with van der Waals surface area (Å²) < 4.78 is 53.3. The molecule has 1 unspecified atom stereocenters.